The first kappa shape index (κ1) is 22.6. The standard InChI is InChI=1S/C22H22F3N3O2S/c1-13-18(20(29)27(2)3)19(16-7-5-6-8-17(16)22(23,24)25)26-21(31)28(13)14-9-11-15(30-4)12-10-14/h5-12,19H,1-4H3,(H,26,31). The first-order chi connectivity index (χ1) is 14.6. The monoisotopic (exact) mass is 449 g/mol. The summed E-state index contributed by atoms with van der Waals surface area (Å²) in [5, 5.41) is 3.15. The van der Waals surface area contributed by atoms with Crippen LogP contribution < -0.4 is 15.0 Å². The summed E-state index contributed by atoms with van der Waals surface area (Å²) in [4.78, 5) is 16.1. The van der Waals surface area contributed by atoms with E-state index in [0.717, 1.165) is 6.07 Å². The molecular formula is C22H22F3N3O2S. The minimum Gasteiger partial charge on any atom is -0.497 e. The number of thiocarbonyl (C=S) groups is 1. The van der Waals surface area contributed by atoms with Gasteiger partial charge in [-0.1, -0.05) is 18.2 Å². The summed E-state index contributed by atoms with van der Waals surface area (Å²) in [6, 6.07) is 11.2. The van der Waals surface area contributed by atoms with Crippen molar-refractivity contribution in [1.29, 1.82) is 0 Å². The summed E-state index contributed by atoms with van der Waals surface area (Å²) in [6.45, 7) is 1.68. The fraction of sp³-hybridized carbons (Fsp3) is 0.273. The molecule has 1 atom stereocenters. The quantitative estimate of drug-likeness (QED) is 0.696. The van der Waals surface area contributed by atoms with Gasteiger partial charge in [0.2, 0.25) is 0 Å². The Bertz CT molecular complexity index is 1030. The number of nitrogens with one attached hydrogen (secondary N) is 1. The molecule has 1 N–H and O–H groups in total. The maximum absolute atomic E-state index is 13.7. The van der Waals surface area contributed by atoms with Crippen LogP contribution in [0.5, 0.6) is 5.75 Å². The normalized spacial score (nSPS) is 16.8. The summed E-state index contributed by atoms with van der Waals surface area (Å²) < 4.78 is 46.3. The second-order valence-electron chi connectivity index (χ2n) is 7.20. The number of likely N-dealkylation sites (N-methyl/N-ethyl adjacent to an activating group) is 1. The Kier molecular flexibility index (Phi) is 6.26. The van der Waals surface area contributed by atoms with Crippen LogP contribution in [0.2, 0.25) is 0 Å². The van der Waals surface area contributed by atoms with Crippen molar-refractivity contribution >= 4 is 28.9 Å². The highest BCUT2D eigenvalue weighted by molar-refractivity contribution is 7.80. The molecule has 0 aromatic heterocycles. The summed E-state index contributed by atoms with van der Waals surface area (Å²) in [5.74, 6) is 0.232. The minimum atomic E-state index is -4.58. The molecule has 164 valence electrons. The number of hydrogen-bond donors (Lipinski definition) is 1. The Balaban J connectivity index is 2.20. The molecule has 1 unspecified atom stereocenters. The average Bonchev–Trinajstić information content (AvgIpc) is 2.72. The smallest absolute Gasteiger partial charge is 0.416 e. The molecule has 5 nitrogen and oxygen atoms in total. The Labute approximate surface area is 184 Å². The number of allylic oxidation sites excluding steroid dienone is 1. The lowest BCUT2D eigenvalue weighted by Crippen LogP contribution is -2.49. The van der Waals surface area contributed by atoms with Gasteiger partial charge in [0.15, 0.2) is 5.11 Å². The van der Waals surface area contributed by atoms with Crippen LogP contribution in [0.15, 0.2) is 59.8 Å². The van der Waals surface area contributed by atoms with Crippen molar-refractivity contribution in [3.8, 4) is 5.75 Å². The number of hydrogen-bond acceptors (Lipinski definition) is 3. The fourth-order valence-corrected chi connectivity index (χ4v) is 3.90. The molecule has 1 amide bonds. The summed E-state index contributed by atoms with van der Waals surface area (Å²) in [5.41, 5.74) is 0.421. The molecule has 0 radical (unpaired) electrons. The van der Waals surface area contributed by atoms with E-state index < -0.39 is 23.7 Å². The molecule has 31 heavy (non-hydrogen) atoms. The number of carbonyl (C=O) groups excluding carboxylic acids is 1. The lowest BCUT2D eigenvalue weighted by Gasteiger charge is -2.39. The third kappa shape index (κ3) is 4.36. The second kappa shape index (κ2) is 8.58. The average molecular weight is 449 g/mol. The van der Waals surface area contributed by atoms with E-state index in [0.29, 0.717) is 17.1 Å². The summed E-state index contributed by atoms with van der Waals surface area (Å²) >= 11 is 5.51. The van der Waals surface area contributed by atoms with Crippen LogP contribution in [0.25, 0.3) is 0 Å². The van der Waals surface area contributed by atoms with E-state index in [1.807, 2.05) is 0 Å². The Morgan fingerprint density at radius 1 is 1.13 bits per heavy atom. The lowest BCUT2D eigenvalue weighted by molar-refractivity contribution is -0.138. The molecule has 2 aromatic rings. The van der Waals surface area contributed by atoms with Gasteiger partial charge in [0, 0.05) is 25.5 Å². The molecule has 9 heteroatoms. The number of halogens is 3. The van der Waals surface area contributed by atoms with Crippen molar-refractivity contribution in [1.82, 2.24) is 10.2 Å². The molecule has 0 saturated carbocycles. The predicted octanol–water partition coefficient (Wildman–Crippen LogP) is 4.51. The molecule has 1 aliphatic rings. The van der Waals surface area contributed by atoms with Gasteiger partial charge in [-0.2, -0.15) is 13.2 Å². The van der Waals surface area contributed by atoms with E-state index in [4.69, 9.17) is 17.0 Å². The molecule has 3 rings (SSSR count). The Hall–Kier alpha value is -3.07. The fourth-order valence-electron chi connectivity index (χ4n) is 3.54. The third-order valence-corrected chi connectivity index (χ3v) is 5.33. The van der Waals surface area contributed by atoms with Gasteiger partial charge < -0.3 is 15.0 Å². The number of benzene rings is 2. The van der Waals surface area contributed by atoms with Crippen molar-refractivity contribution < 1.29 is 22.7 Å². The van der Waals surface area contributed by atoms with Crippen LogP contribution in [0.4, 0.5) is 18.9 Å². The zero-order valence-corrected chi connectivity index (χ0v) is 18.3. The number of rotatable bonds is 4. The number of amides is 1. The van der Waals surface area contributed by atoms with Crippen molar-refractivity contribution in [3.63, 3.8) is 0 Å². The molecular weight excluding hydrogens is 427 g/mol. The Morgan fingerprint density at radius 2 is 1.74 bits per heavy atom. The highest BCUT2D eigenvalue weighted by Gasteiger charge is 2.41. The maximum Gasteiger partial charge on any atom is 0.416 e. The SMILES string of the molecule is COc1ccc(N2C(=S)NC(c3ccccc3C(F)(F)F)C(C(=O)N(C)C)=C2C)cc1. The van der Waals surface area contributed by atoms with Crippen molar-refractivity contribution in [2.24, 2.45) is 0 Å². The van der Waals surface area contributed by atoms with E-state index in [2.05, 4.69) is 5.32 Å². The first-order valence-corrected chi connectivity index (χ1v) is 9.80. The van der Waals surface area contributed by atoms with Crippen LogP contribution >= 0.6 is 12.2 Å². The molecule has 1 aliphatic heterocycles. The lowest BCUT2D eigenvalue weighted by atomic mass is 9.90. The topological polar surface area (TPSA) is 44.8 Å². The number of anilines is 1. The highest BCUT2D eigenvalue weighted by Crippen LogP contribution is 2.40. The van der Waals surface area contributed by atoms with Gasteiger partial charge in [-0.05, 0) is 55.0 Å². The zero-order chi connectivity index (χ0) is 22.9. The van der Waals surface area contributed by atoms with Crippen LogP contribution in [-0.2, 0) is 11.0 Å². The first-order valence-electron chi connectivity index (χ1n) is 9.39. The van der Waals surface area contributed by atoms with Crippen LogP contribution in [0.1, 0.15) is 24.1 Å². The largest absolute Gasteiger partial charge is 0.497 e. The van der Waals surface area contributed by atoms with Crippen molar-refractivity contribution in [3.05, 3.63) is 70.9 Å². The molecule has 2 aromatic carbocycles. The van der Waals surface area contributed by atoms with Crippen molar-refractivity contribution in [2.75, 3.05) is 26.1 Å². The van der Waals surface area contributed by atoms with Crippen LogP contribution in [0.3, 0.4) is 0 Å². The second-order valence-corrected chi connectivity index (χ2v) is 7.59. The zero-order valence-electron chi connectivity index (χ0n) is 17.4. The van der Waals surface area contributed by atoms with Gasteiger partial charge in [-0.25, -0.2) is 0 Å². The summed E-state index contributed by atoms with van der Waals surface area (Å²) in [6.07, 6.45) is -4.58. The van der Waals surface area contributed by atoms with E-state index in [1.54, 1.807) is 57.3 Å². The van der Waals surface area contributed by atoms with E-state index in [9.17, 15) is 18.0 Å². The van der Waals surface area contributed by atoms with E-state index >= 15 is 0 Å². The summed E-state index contributed by atoms with van der Waals surface area (Å²) in [7, 11) is 4.66. The number of carbonyl (C=O) groups is 1. The van der Waals surface area contributed by atoms with Crippen LogP contribution in [0, 0.1) is 0 Å². The van der Waals surface area contributed by atoms with E-state index in [1.165, 1.54) is 23.1 Å². The highest BCUT2D eigenvalue weighted by atomic mass is 32.1. The molecule has 0 spiro atoms. The van der Waals surface area contributed by atoms with Gasteiger partial charge in [-0.15, -0.1) is 0 Å². The predicted molar refractivity (Wildman–Crippen MR) is 117 cm³/mol. The molecule has 0 aliphatic carbocycles. The van der Waals surface area contributed by atoms with Gasteiger partial charge >= 0.3 is 6.18 Å². The minimum absolute atomic E-state index is 0.0590. The molecule has 1 heterocycles. The number of nitrogens with zero attached hydrogens (tertiary/aromatic N) is 2. The van der Waals surface area contributed by atoms with Gasteiger partial charge in [0.1, 0.15) is 5.75 Å². The van der Waals surface area contributed by atoms with Crippen molar-refractivity contribution in [2.45, 2.75) is 19.1 Å². The molecule has 0 fully saturated rings. The van der Waals surface area contributed by atoms with Gasteiger partial charge in [0.25, 0.3) is 5.91 Å². The number of methoxy groups -OCH3 is 1. The number of ether oxygens (including phenoxy) is 1. The number of alkyl halides is 3. The van der Waals surface area contributed by atoms with Gasteiger partial charge in [0.05, 0.1) is 24.3 Å². The third-order valence-electron chi connectivity index (χ3n) is 5.03. The van der Waals surface area contributed by atoms with E-state index in [-0.39, 0.29) is 16.2 Å². The molecule has 0 bridgehead atoms. The Morgan fingerprint density at radius 3 is 2.29 bits per heavy atom. The van der Waals surface area contributed by atoms with Crippen LogP contribution in [-0.4, -0.2) is 37.1 Å². The van der Waals surface area contributed by atoms with Gasteiger partial charge in [-0.3, -0.25) is 9.69 Å². The molecule has 0 saturated heterocycles. The maximum atomic E-state index is 13.7.